The number of rotatable bonds is 5. The van der Waals surface area contributed by atoms with Gasteiger partial charge >= 0.3 is 0 Å². The fourth-order valence-electron chi connectivity index (χ4n) is 2.20. The van der Waals surface area contributed by atoms with Gasteiger partial charge < -0.3 is 9.64 Å². The maximum atomic E-state index is 6.37. The molecule has 1 heterocycles. The summed E-state index contributed by atoms with van der Waals surface area (Å²) in [5.74, 6) is 0.665. The number of ether oxygens (including phenoxy) is 1. The van der Waals surface area contributed by atoms with Crippen LogP contribution in [0.15, 0.2) is 35.3 Å². The molecule has 1 aromatic heterocycles. The average molecular weight is 394 g/mol. The summed E-state index contributed by atoms with van der Waals surface area (Å²) in [7, 11) is 1.96. The molecule has 0 radical (unpaired) electrons. The Labute approximate surface area is 160 Å². The van der Waals surface area contributed by atoms with E-state index >= 15 is 0 Å². The van der Waals surface area contributed by atoms with E-state index in [1.165, 1.54) is 11.5 Å². The first-order valence-corrected chi connectivity index (χ1v) is 9.29. The first-order chi connectivity index (χ1) is 12.0. The van der Waals surface area contributed by atoms with Crippen molar-refractivity contribution >= 4 is 57.7 Å². The number of aliphatic imine (C=N–C) groups is 1. The monoisotopic (exact) mass is 393 g/mol. The van der Waals surface area contributed by atoms with Crippen molar-refractivity contribution in [2.24, 2.45) is 4.99 Å². The number of hydrogen-bond acceptors (Lipinski definition) is 4. The second kappa shape index (κ2) is 7.60. The lowest BCUT2D eigenvalue weighted by Crippen LogP contribution is -2.14. The lowest BCUT2D eigenvalue weighted by Gasteiger charge is -2.11. The molecule has 7 heteroatoms. The summed E-state index contributed by atoms with van der Waals surface area (Å²) in [6.45, 7) is 4.89. The Balaban J connectivity index is 1.93. The van der Waals surface area contributed by atoms with E-state index in [1.54, 1.807) is 12.4 Å². The first kappa shape index (κ1) is 18.0. The van der Waals surface area contributed by atoms with Gasteiger partial charge in [0.15, 0.2) is 0 Å². The highest BCUT2D eigenvalue weighted by molar-refractivity contribution is 7.09. The van der Waals surface area contributed by atoms with E-state index in [0.717, 1.165) is 23.0 Å². The molecule has 2 aromatic carbocycles. The molecular weight excluding hydrogens is 377 g/mol. The predicted octanol–water partition coefficient (Wildman–Crippen LogP) is 6.32. The molecule has 0 saturated heterocycles. The van der Waals surface area contributed by atoms with E-state index in [4.69, 9.17) is 27.9 Å². The Bertz CT molecular complexity index is 939. The molecule has 0 unspecified atom stereocenters. The molecule has 0 spiro atoms. The zero-order valence-corrected chi connectivity index (χ0v) is 16.4. The lowest BCUT2D eigenvalue weighted by molar-refractivity contribution is 0.497. The summed E-state index contributed by atoms with van der Waals surface area (Å²) < 4.78 is 10.4. The first-order valence-electron chi connectivity index (χ1n) is 7.76. The van der Waals surface area contributed by atoms with Gasteiger partial charge in [-0.15, -0.1) is 0 Å². The van der Waals surface area contributed by atoms with Crippen LogP contribution >= 0.6 is 34.7 Å². The van der Waals surface area contributed by atoms with E-state index in [-0.39, 0.29) is 0 Å². The van der Waals surface area contributed by atoms with Crippen molar-refractivity contribution in [2.45, 2.75) is 13.8 Å². The summed E-state index contributed by atoms with van der Waals surface area (Å²) in [4.78, 5) is 6.40. The highest BCUT2D eigenvalue weighted by Crippen LogP contribution is 2.41. The summed E-state index contributed by atoms with van der Waals surface area (Å²) in [5, 5.41) is 2.62. The van der Waals surface area contributed by atoms with Crippen molar-refractivity contribution in [1.82, 2.24) is 9.27 Å². The van der Waals surface area contributed by atoms with Crippen molar-refractivity contribution in [3.8, 4) is 10.8 Å². The van der Waals surface area contributed by atoms with Gasteiger partial charge in [0.1, 0.15) is 5.75 Å². The standard InChI is InChI=1S/C18H17Cl2N3OS/c1-4-23(3)10-21-15-8-11(2)16(9-13(15)20)24-18-17-12(19)6-5-7-14(17)22-25-18/h5-10H,4H2,1-3H3/b21-10-. The summed E-state index contributed by atoms with van der Waals surface area (Å²) in [6.07, 6.45) is 1.76. The predicted molar refractivity (Wildman–Crippen MR) is 107 cm³/mol. The van der Waals surface area contributed by atoms with E-state index in [1.807, 2.05) is 43.1 Å². The largest absolute Gasteiger partial charge is 0.444 e. The molecule has 0 aliphatic rings. The minimum absolute atomic E-state index is 0.529. The molecule has 0 amide bonds. The van der Waals surface area contributed by atoms with E-state index < -0.39 is 0 Å². The molecule has 0 fully saturated rings. The zero-order valence-electron chi connectivity index (χ0n) is 14.1. The van der Waals surface area contributed by atoms with Gasteiger partial charge in [-0.3, -0.25) is 0 Å². The van der Waals surface area contributed by atoms with Crippen LogP contribution in [0.25, 0.3) is 10.9 Å². The third kappa shape index (κ3) is 3.89. The van der Waals surface area contributed by atoms with Crippen molar-refractivity contribution < 1.29 is 4.74 Å². The number of benzene rings is 2. The van der Waals surface area contributed by atoms with E-state index in [2.05, 4.69) is 16.3 Å². The molecule has 0 bridgehead atoms. The highest BCUT2D eigenvalue weighted by Gasteiger charge is 2.14. The second-order valence-electron chi connectivity index (χ2n) is 5.59. The van der Waals surface area contributed by atoms with Gasteiger partial charge in [-0.05, 0) is 37.6 Å². The SMILES string of the molecule is CCN(C)/C=N\c1cc(C)c(Oc2snc3cccc(Cl)c23)cc1Cl. The smallest absolute Gasteiger partial charge is 0.209 e. The van der Waals surface area contributed by atoms with E-state index in [9.17, 15) is 0 Å². The second-order valence-corrected chi connectivity index (χ2v) is 7.14. The van der Waals surface area contributed by atoms with Crippen molar-refractivity contribution in [3.05, 3.63) is 45.9 Å². The normalized spacial score (nSPS) is 11.4. The van der Waals surface area contributed by atoms with Crippen LogP contribution in [0.5, 0.6) is 10.8 Å². The van der Waals surface area contributed by atoms with Crippen LogP contribution < -0.4 is 4.74 Å². The van der Waals surface area contributed by atoms with Crippen LogP contribution in [0.2, 0.25) is 10.0 Å². The summed E-state index contributed by atoms with van der Waals surface area (Å²) in [5.41, 5.74) is 2.46. The molecule has 3 aromatic rings. The van der Waals surface area contributed by atoms with Crippen molar-refractivity contribution in [3.63, 3.8) is 0 Å². The third-order valence-corrected chi connectivity index (χ3v) is 5.12. The van der Waals surface area contributed by atoms with Crippen LogP contribution in [0.4, 0.5) is 5.69 Å². The van der Waals surface area contributed by atoms with Crippen LogP contribution in [0, 0.1) is 6.92 Å². The highest BCUT2D eigenvalue weighted by atomic mass is 35.5. The van der Waals surface area contributed by atoms with Gasteiger partial charge in [0.2, 0.25) is 5.06 Å². The van der Waals surface area contributed by atoms with Gasteiger partial charge in [0.25, 0.3) is 0 Å². The van der Waals surface area contributed by atoms with Gasteiger partial charge in [-0.25, -0.2) is 4.99 Å². The molecule has 0 aliphatic carbocycles. The van der Waals surface area contributed by atoms with Gasteiger partial charge in [0.05, 0.1) is 33.0 Å². The quantitative estimate of drug-likeness (QED) is 0.376. The molecule has 0 saturated carbocycles. The van der Waals surface area contributed by atoms with Gasteiger partial charge in [-0.1, -0.05) is 29.3 Å². The van der Waals surface area contributed by atoms with Crippen LogP contribution in [0.1, 0.15) is 12.5 Å². The number of fused-ring (bicyclic) bond motifs is 1. The lowest BCUT2D eigenvalue weighted by atomic mass is 10.2. The summed E-state index contributed by atoms with van der Waals surface area (Å²) in [6, 6.07) is 9.29. The summed E-state index contributed by atoms with van der Waals surface area (Å²) >= 11 is 13.9. The Hall–Kier alpha value is -1.82. The number of aryl methyl sites for hydroxylation is 1. The molecule has 25 heavy (non-hydrogen) atoms. The molecular formula is C18H17Cl2N3OS. The fraction of sp³-hybridized carbons (Fsp3) is 0.222. The number of halogens is 2. The Morgan fingerprint density at radius 3 is 2.84 bits per heavy atom. The molecule has 3 rings (SSSR count). The average Bonchev–Trinajstić information content (AvgIpc) is 3.00. The van der Waals surface area contributed by atoms with Crippen LogP contribution in [0.3, 0.4) is 0 Å². The minimum atomic E-state index is 0.529. The van der Waals surface area contributed by atoms with Crippen LogP contribution in [-0.4, -0.2) is 29.2 Å². The maximum Gasteiger partial charge on any atom is 0.209 e. The third-order valence-electron chi connectivity index (χ3n) is 3.76. The minimum Gasteiger partial charge on any atom is -0.444 e. The number of aromatic nitrogens is 1. The molecule has 4 nitrogen and oxygen atoms in total. The molecule has 130 valence electrons. The van der Waals surface area contributed by atoms with Crippen LogP contribution in [-0.2, 0) is 0 Å². The fourth-order valence-corrected chi connectivity index (χ4v) is 3.48. The van der Waals surface area contributed by atoms with Crippen molar-refractivity contribution in [2.75, 3.05) is 13.6 Å². The number of hydrogen-bond donors (Lipinski definition) is 0. The Kier molecular flexibility index (Phi) is 5.47. The van der Waals surface area contributed by atoms with Gasteiger partial charge in [-0.2, -0.15) is 4.37 Å². The Morgan fingerprint density at radius 2 is 2.08 bits per heavy atom. The molecule has 0 N–H and O–H groups in total. The molecule has 0 atom stereocenters. The topological polar surface area (TPSA) is 37.7 Å². The zero-order chi connectivity index (χ0) is 18.0. The van der Waals surface area contributed by atoms with Crippen molar-refractivity contribution in [1.29, 1.82) is 0 Å². The Morgan fingerprint density at radius 1 is 1.28 bits per heavy atom. The molecule has 0 aliphatic heterocycles. The maximum absolute atomic E-state index is 6.37. The van der Waals surface area contributed by atoms with Gasteiger partial charge in [0, 0.05) is 31.2 Å². The van der Waals surface area contributed by atoms with E-state index in [0.29, 0.717) is 26.5 Å². The number of nitrogens with zero attached hydrogens (tertiary/aromatic N) is 3.